The summed E-state index contributed by atoms with van der Waals surface area (Å²) in [5.41, 5.74) is 0.388. The van der Waals surface area contributed by atoms with Crippen LogP contribution in [0.3, 0.4) is 0 Å². The van der Waals surface area contributed by atoms with Crippen molar-refractivity contribution < 1.29 is 9.72 Å². The van der Waals surface area contributed by atoms with Crippen LogP contribution in [0.4, 0.5) is 5.69 Å². The number of nitro groups is 1. The molecule has 5 heteroatoms. The van der Waals surface area contributed by atoms with E-state index in [2.05, 4.69) is 4.98 Å². The van der Waals surface area contributed by atoms with E-state index in [-0.39, 0.29) is 11.3 Å². The van der Waals surface area contributed by atoms with E-state index < -0.39 is 4.92 Å². The highest BCUT2D eigenvalue weighted by atomic mass is 16.6. The molecule has 0 atom stereocenters. The van der Waals surface area contributed by atoms with Gasteiger partial charge in [0.15, 0.2) is 6.29 Å². The molecule has 0 unspecified atom stereocenters. The average molecular weight is 202 g/mol. The SMILES string of the molecule is O=Cc1c([N+](=O)[O-])cnc2ccccc12. The van der Waals surface area contributed by atoms with Crippen LogP contribution in [0.2, 0.25) is 0 Å². The lowest BCUT2D eigenvalue weighted by Gasteiger charge is -2.00. The zero-order valence-corrected chi connectivity index (χ0v) is 7.58. The van der Waals surface area contributed by atoms with E-state index in [1.807, 2.05) is 0 Å². The van der Waals surface area contributed by atoms with Crippen molar-refractivity contribution in [2.75, 3.05) is 0 Å². The molecule has 0 saturated carbocycles. The summed E-state index contributed by atoms with van der Waals surface area (Å²) in [6.45, 7) is 0. The quantitative estimate of drug-likeness (QED) is 0.424. The van der Waals surface area contributed by atoms with E-state index in [1.54, 1.807) is 24.3 Å². The van der Waals surface area contributed by atoms with Gasteiger partial charge >= 0.3 is 0 Å². The second kappa shape index (κ2) is 3.45. The van der Waals surface area contributed by atoms with Crippen molar-refractivity contribution in [2.24, 2.45) is 0 Å². The largest absolute Gasteiger partial charge is 0.298 e. The maximum absolute atomic E-state index is 10.8. The number of fused-ring (bicyclic) bond motifs is 1. The molecule has 0 saturated heterocycles. The molecule has 1 aromatic heterocycles. The molecule has 0 amide bonds. The van der Waals surface area contributed by atoms with E-state index in [1.165, 1.54) is 0 Å². The average Bonchev–Trinajstić information content (AvgIpc) is 2.27. The van der Waals surface area contributed by atoms with Crippen molar-refractivity contribution in [3.8, 4) is 0 Å². The maximum Gasteiger partial charge on any atom is 0.298 e. The van der Waals surface area contributed by atoms with Gasteiger partial charge in [-0.2, -0.15) is 0 Å². The second-order valence-corrected chi connectivity index (χ2v) is 2.95. The highest BCUT2D eigenvalue weighted by Gasteiger charge is 2.16. The molecule has 0 radical (unpaired) electrons. The topological polar surface area (TPSA) is 73.1 Å². The summed E-state index contributed by atoms with van der Waals surface area (Å²) in [7, 11) is 0. The second-order valence-electron chi connectivity index (χ2n) is 2.95. The van der Waals surface area contributed by atoms with Crippen LogP contribution >= 0.6 is 0 Å². The standard InChI is InChI=1S/C10H6N2O3/c13-6-8-7-3-1-2-4-9(7)11-5-10(8)12(14)15/h1-6H. The summed E-state index contributed by atoms with van der Waals surface area (Å²) >= 11 is 0. The molecule has 0 aliphatic rings. The van der Waals surface area contributed by atoms with Crippen LogP contribution < -0.4 is 0 Å². The molecule has 0 fully saturated rings. The number of para-hydroxylation sites is 1. The summed E-state index contributed by atoms with van der Waals surface area (Å²) in [6, 6.07) is 6.81. The number of hydrogen-bond acceptors (Lipinski definition) is 4. The van der Waals surface area contributed by atoms with Crippen molar-refractivity contribution in [3.05, 3.63) is 46.1 Å². The maximum atomic E-state index is 10.8. The first kappa shape index (κ1) is 9.26. The van der Waals surface area contributed by atoms with Gasteiger partial charge in [-0.3, -0.25) is 14.9 Å². The molecule has 0 spiro atoms. The van der Waals surface area contributed by atoms with Crippen LogP contribution in [0.5, 0.6) is 0 Å². The molecular formula is C10H6N2O3. The van der Waals surface area contributed by atoms with Crippen molar-refractivity contribution in [3.63, 3.8) is 0 Å². The van der Waals surface area contributed by atoms with Gasteiger partial charge < -0.3 is 0 Å². The summed E-state index contributed by atoms with van der Waals surface area (Å²) in [4.78, 5) is 24.7. The molecule has 1 aromatic carbocycles. The summed E-state index contributed by atoms with van der Waals surface area (Å²) in [5.74, 6) is 0. The van der Waals surface area contributed by atoms with Gasteiger partial charge in [0.2, 0.25) is 0 Å². The highest BCUT2D eigenvalue weighted by Crippen LogP contribution is 2.23. The zero-order valence-electron chi connectivity index (χ0n) is 7.58. The molecular weight excluding hydrogens is 196 g/mol. The van der Waals surface area contributed by atoms with Gasteiger partial charge in [-0.15, -0.1) is 0 Å². The van der Waals surface area contributed by atoms with Crippen LogP contribution in [0.1, 0.15) is 10.4 Å². The van der Waals surface area contributed by atoms with Gasteiger partial charge in [0.25, 0.3) is 5.69 Å². The van der Waals surface area contributed by atoms with Crippen molar-refractivity contribution in [1.29, 1.82) is 0 Å². The molecule has 74 valence electrons. The van der Waals surface area contributed by atoms with Gasteiger partial charge in [0.05, 0.1) is 10.4 Å². The number of rotatable bonds is 2. The fraction of sp³-hybridized carbons (Fsp3) is 0. The lowest BCUT2D eigenvalue weighted by molar-refractivity contribution is -0.385. The Bertz CT molecular complexity index is 551. The number of aromatic nitrogens is 1. The first-order chi connectivity index (χ1) is 7.24. The number of carbonyl (C=O) groups excluding carboxylic acids is 1. The van der Waals surface area contributed by atoms with E-state index >= 15 is 0 Å². The summed E-state index contributed by atoms with van der Waals surface area (Å²) in [5, 5.41) is 11.1. The minimum Gasteiger partial charge on any atom is -0.298 e. The van der Waals surface area contributed by atoms with E-state index in [9.17, 15) is 14.9 Å². The first-order valence-corrected chi connectivity index (χ1v) is 4.21. The van der Waals surface area contributed by atoms with Crippen LogP contribution in [-0.4, -0.2) is 16.2 Å². The van der Waals surface area contributed by atoms with Crippen LogP contribution in [0.15, 0.2) is 30.5 Å². The van der Waals surface area contributed by atoms with Crippen LogP contribution in [-0.2, 0) is 0 Å². The summed E-state index contributed by atoms with van der Waals surface area (Å²) in [6.07, 6.45) is 1.59. The van der Waals surface area contributed by atoms with Gasteiger partial charge in [-0.1, -0.05) is 18.2 Å². The molecule has 15 heavy (non-hydrogen) atoms. The number of pyridine rings is 1. The fourth-order valence-electron chi connectivity index (χ4n) is 1.42. The Kier molecular flexibility index (Phi) is 2.13. The number of benzene rings is 1. The lowest BCUT2D eigenvalue weighted by atomic mass is 10.1. The van der Waals surface area contributed by atoms with Gasteiger partial charge in [-0.25, -0.2) is 4.98 Å². The van der Waals surface area contributed by atoms with Crippen LogP contribution in [0.25, 0.3) is 10.9 Å². The molecule has 0 bridgehead atoms. The Hall–Kier alpha value is -2.30. The van der Waals surface area contributed by atoms with Gasteiger partial charge in [-0.05, 0) is 6.07 Å². The molecule has 2 rings (SSSR count). The first-order valence-electron chi connectivity index (χ1n) is 4.21. The number of carbonyl (C=O) groups is 1. The Morgan fingerprint density at radius 1 is 1.33 bits per heavy atom. The number of aldehydes is 1. The van der Waals surface area contributed by atoms with Crippen LogP contribution in [0, 0.1) is 10.1 Å². The molecule has 5 nitrogen and oxygen atoms in total. The minimum absolute atomic E-state index is 0.0746. The van der Waals surface area contributed by atoms with E-state index in [0.29, 0.717) is 17.2 Å². The van der Waals surface area contributed by atoms with Gasteiger partial charge in [0.1, 0.15) is 11.8 Å². The summed E-state index contributed by atoms with van der Waals surface area (Å²) < 4.78 is 0. The smallest absolute Gasteiger partial charge is 0.298 e. The van der Waals surface area contributed by atoms with Gasteiger partial charge in [0, 0.05) is 5.39 Å². The Labute approximate surface area is 84.5 Å². The normalized spacial score (nSPS) is 10.1. The van der Waals surface area contributed by atoms with Crippen molar-refractivity contribution in [1.82, 2.24) is 4.98 Å². The third-order valence-corrected chi connectivity index (χ3v) is 2.11. The monoisotopic (exact) mass is 202 g/mol. The molecule has 2 aromatic rings. The predicted octanol–water partition coefficient (Wildman–Crippen LogP) is 1.96. The van der Waals surface area contributed by atoms with E-state index in [4.69, 9.17) is 0 Å². The fourth-order valence-corrected chi connectivity index (χ4v) is 1.42. The van der Waals surface area contributed by atoms with Crippen molar-refractivity contribution >= 4 is 22.9 Å². The molecule has 1 heterocycles. The Morgan fingerprint density at radius 3 is 2.73 bits per heavy atom. The number of hydrogen-bond donors (Lipinski definition) is 0. The van der Waals surface area contributed by atoms with Crippen molar-refractivity contribution in [2.45, 2.75) is 0 Å². The third-order valence-electron chi connectivity index (χ3n) is 2.11. The predicted molar refractivity (Wildman–Crippen MR) is 53.8 cm³/mol. The zero-order chi connectivity index (χ0) is 10.8. The third kappa shape index (κ3) is 1.43. The molecule has 0 aliphatic carbocycles. The van der Waals surface area contributed by atoms with E-state index in [0.717, 1.165) is 6.20 Å². The number of nitrogens with zero attached hydrogens (tertiary/aromatic N) is 2. The Morgan fingerprint density at radius 2 is 2.07 bits per heavy atom. The lowest BCUT2D eigenvalue weighted by Crippen LogP contribution is -1.96. The molecule has 0 aliphatic heterocycles. The Balaban J connectivity index is 2.87. The molecule has 0 N–H and O–H groups in total. The minimum atomic E-state index is -0.608. The highest BCUT2D eigenvalue weighted by molar-refractivity contribution is 6.00.